The maximum atomic E-state index is 9.10. The molecule has 4 rings (SSSR count). The summed E-state index contributed by atoms with van der Waals surface area (Å²) in [5.74, 6) is -1.89. The summed E-state index contributed by atoms with van der Waals surface area (Å²) in [6.07, 6.45) is 3.92. The number of aromatic nitrogens is 3. The van der Waals surface area contributed by atoms with Crippen LogP contribution in [0.5, 0.6) is 0 Å². The van der Waals surface area contributed by atoms with Crippen LogP contribution >= 0.6 is 0 Å². The van der Waals surface area contributed by atoms with Gasteiger partial charge in [0.05, 0.1) is 11.0 Å². The Morgan fingerprint density at radius 2 is 1.50 bits per heavy atom. The first-order valence-electron chi connectivity index (χ1n) is 9.06. The zero-order valence-corrected chi connectivity index (χ0v) is 16.1. The SMILES string of the molecule is CC(=Cc1nc2ccccc2n1-c1ccccn1)c1ccccc1.O=C(O)C(=O)O. The monoisotopic (exact) mass is 401 g/mol. The van der Waals surface area contributed by atoms with Crippen molar-refractivity contribution in [1.29, 1.82) is 0 Å². The molecule has 0 amide bonds. The number of rotatable bonds is 3. The van der Waals surface area contributed by atoms with Crippen molar-refractivity contribution in [2.45, 2.75) is 6.92 Å². The van der Waals surface area contributed by atoms with Gasteiger partial charge in [-0.1, -0.05) is 48.5 Å². The van der Waals surface area contributed by atoms with Crippen LogP contribution in [-0.2, 0) is 9.59 Å². The molecule has 0 spiro atoms. The lowest BCUT2D eigenvalue weighted by atomic mass is 10.1. The molecule has 0 radical (unpaired) electrons. The zero-order valence-electron chi connectivity index (χ0n) is 16.1. The fraction of sp³-hybridized carbons (Fsp3) is 0.0435. The van der Waals surface area contributed by atoms with Crippen molar-refractivity contribution in [2.75, 3.05) is 0 Å². The molecule has 0 saturated heterocycles. The Balaban J connectivity index is 0.000000377. The van der Waals surface area contributed by atoms with Gasteiger partial charge >= 0.3 is 11.9 Å². The molecule has 7 nitrogen and oxygen atoms in total. The highest BCUT2D eigenvalue weighted by molar-refractivity contribution is 6.27. The number of pyridine rings is 1. The first kappa shape index (κ1) is 20.5. The lowest BCUT2D eigenvalue weighted by molar-refractivity contribution is -0.159. The average molecular weight is 401 g/mol. The zero-order chi connectivity index (χ0) is 21.5. The number of benzene rings is 2. The molecule has 0 aliphatic heterocycles. The van der Waals surface area contributed by atoms with E-state index in [9.17, 15) is 0 Å². The summed E-state index contributed by atoms with van der Waals surface area (Å²) in [4.78, 5) is 27.5. The van der Waals surface area contributed by atoms with Gasteiger partial charge in [0.1, 0.15) is 11.6 Å². The van der Waals surface area contributed by atoms with Crippen molar-refractivity contribution in [1.82, 2.24) is 14.5 Å². The fourth-order valence-corrected chi connectivity index (χ4v) is 2.85. The number of hydrogen-bond acceptors (Lipinski definition) is 4. The first-order valence-corrected chi connectivity index (χ1v) is 9.06. The lowest BCUT2D eigenvalue weighted by Crippen LogP contribution is -2.09. The largest absolute Gasteiger partial charge is 0.473 e. The van der Waals surface area contributed by atoms with Gasteiger partial charge in [-0.25, -0.2) is 19.6 Å². The van der Waals surface area contributed by atoms with E-state index in [4.69, 9.17) is 24.8 Å². The van der Waals surface area contributed by atoms with Crippen LogP contribution < -0.4 is 0 Å². The molecule has 0 aliphatic rings. The Kier molecular flexibility index (Phi) is 6.34. The van der Waals surface area contributed by atoms with Gasteiger partial charge in [-0.3, -0.25) is 4.57 Å². The highest BCUT2D eigenvalue weighted by Crippen LogP contribution is 2.24. The van der Waals surface area contributed by atoms with Crippen molar-refractivity contribution < 1.29 is 19.8 Å². The molecule has 2 aromatic heterocycles. The van der Waals surface area contributed by atoms with Gasteiger partial charge in [0.25, 0.3) is 0 Å². The Bertz CT molecular complexity index is 1190. The standard InChI is InChI=1S/C21H17N3.C2H2O4/c1-16(17-9-3-2-4-10-17)15-21-23-18-11-5-6-12-19(18)24(21)20-13-7-8-14-22-20;3-1(4)2(5)6/h2-15H,1H3;(H,3,4)(H,5,6). The summed E-state index contributed by atoms with van der Waals surface area (Å²) >= 11 is 0. The van der Waals surface area contributed by atoms with Gasteiger partial charge in [0.2, 0.25) is 0 Å². The van der Waals surface area contributed by atoms with E-state index in [1.165, 1.54) is 11.1 Å². The molecule has 2 aromatic carbocycles. The third kappa shape index (κ3) is 4.77. The van der Waals surface area contributed by atoms with E-state index in [-0.39, 0.29) is 0 Å². The van der Waals surface area contributed by atoms with E-state index >= 15 is 0 Å². The fourth-order valence-electron chi connectivity index (χ4n) is 2.85. The third-order valence-corrected chi connectivity index (χ3v) is 4.22. The van der Waals surface area contributed by atoms with E-state index in [1.807, 2.05) is 48.7 Å². The van der Waals surface area contributed by atoms with Gasteiger partial charge in [-0.2, -0.15) is 0 Å². The molecule has 0 bridgehead atoms. The predicted molar refractivity (Wildman–Crippen MR) is 114 cm³/mol. The van der Waals surface area contributed by atoms with Crippen LogP contribution in [0.1, 0.15) is 18.3 Å². The van der Waals surface area contributed by atoms with Gasteiger partial charge in [0, 0.05) is 6.20 Å². The molecular formula is C23H19N3O4. The maximum Gasteiger partial charge on any atom is 0.414 e. The molecule has 0 saturated carbocycles. The molecule has 2 N–H and O–H groups in total. The number of carboxylic acid groups (broad SMARTS) is 2. The maximum absolute atomic E-state index is 9.10. The quantitative estimate of drug-likeness (QED) is 0.500. The van der Waals surface area contributed by atoms with Crippen molar-refractivity contribution in [3.63, 3.8) is 0 Å². The second-order valence-electron chi connectivity index (χ2n) is 6.29. The van der Waals surface area contributed by atoms with Gasteiger partial charge in [0.15, 0.2) is 0 Å². The number of nitrogens with zero attached hydrogens (tertiary/aromatic N) is 3. The number of para-hydroxylation sites is 2. The second-order valence-corrected chi connectivity index (χ2v) is 6.29. The van der Waals surface area contributed by atoms with Crippen LogP contribution in [0, 0.1) is 0 Å². The molecule has 0 aliphatic carbocycles. The number of hydrogen-bond donors (Lipinski definition) is 2. The number of imidazole rings is 1. The summed E-state index contributed by atoms with van der Waals surface area (Å²) in [5.41, 5.74) is 4.39. The molecule has 150 valence electrons. The Morgan fingerprint density at radius 3 is 2.13 bits per heavy atom. The first-order chi connectivity index (χ1) is 14.5. The van der Waals surface area contributed by atoms with Crippen LogP contribution in [0.4, 0.5) is 0 Å². The highest BCUT2D eigenvalue weighted by atomic mass is 16.4. The number of aliphatic carboxylic acids is 2. The molecule has 0 atom stereocenters. The van der Waals surface area contributed by atoms with E-state index in [0.717, 1.165) is 22.7 Å². The van der Waals surface area contributed by atoms with Crippen LogP contribution in [0.3, 0.4) is 0 Å². The third-order valence-electron chi connectivity index (χ3n) is 4.22. The summed E-state index contributed by atoms with van der Waals surface area (Å²) in [5, 5.41) is 14.8. The normalized spacial score (nSPS) is 10.9. The summed E-state index contributed by atoms with van der Waals surface area (Å²) in [6, 6.07) is 24.4. The molecule has 0 unspecified atom stereocenters. The minimum atomic E-state index is -1.82. The molecule has 30 heavy (non-hydrogen) atoms. The molecule has 7 heteroatoms. The molecule has 0 fully saturated rings. The Labute approximate surface area is 172 Å². The highest BCUT2D eigenvalue weighted by Gasteiger charge is 2.11. The number of carbonyl (C=O) groups is 2. The van der Waals surface area contributed by atoms with Crippen molar-refractivity contribution in [3.05, 3.63) is 90.4 Å². The minimum Gasteiger partial charge on any atom is -0.473 e. The van der Waals surface area contributed by atoms with Crippen molar-refractivity contribution in [2.24, 2.45) is 0 Å². The summed E-state index contributed by atoms with van der Waals surface area (Å²) in [6.45, 7) is 2.11. The Hall–Kier alpha value is -4.26. The second kappa shape index (κ2) is 9.29. The smallest absolute Gasteiger partial charge is 0.414 e. The van der Waals surface area contributed by atoms with E-state index in [1.54, 1.807) is 0 Å². The van der Waals surface area contributed by atoms with E-state index < -0.39 is 11.9 Å². The van der Waals surface area contributed by atoms with Gasteiger partial charge < -0.3 is 10.2 Å². The molecule has 2 heterocycles. The van der Waals surface area contributed by atoms with Crippen LogP contribution in [-0.4, -0.2) is 36.7 Å². The number of allylic oxidation sites excluding steroid dienone is 1. The lowest BCUT2D eigenvalue weighted by Gasteiger charge is -2.07. The predicted octanol–water partition coefficient (Wildman–Crippen LogP) is 4.14. The van der Waals surface area contributed by atoms with Crippen LogP contribution in [0.2, 0.25) is 0 Å². The van der Waals surface area contributed by atoms with Crippen LogP contribution in [0.15, 0.2) is 79.0 Å². The summed E-state index contributed by atoms with van der Waals surface area (Å²) in [7, 11) is 0. The number of carboxylic acids is 2. The minimum absolute atomic E-state index is 0.873. The van der Waals surface area contributed by atoms with Crippen LogP contribution in [0.25, 0.3) is 28.5 Å². The summed E-state index contributed by atoms with van der Waals surface area (Å²) < 4.78 is 2.10. The van der Waals surface area contributed by atoms with Crippen molar-refractivity contribution in [3.8, 4) is 5.82 Å². The molecule has 4 aromatic rings. The Morgan fingerprint density at radius 1 is 0.867 bits per heavy atom. The van der Waals surface area contributed by atoms with E-state index in [2.05, 4.69) is 52.9 Å². The topological polar surface area (TPSA) is 105 Å². The van der Waals surface area contributed by atoms with Gasteiger partial charge in [-0.05, 0) is 48.4 Å². The number of fused-ring (bicyclic) bond motifs is 1. The van der Waals surface area contributed by atoms with Gasteiger partial charge in [-0.15, -0.1) is 0 Å². The molecular weight excluding hydrogens is 382 g/mol. The average Bonchev–Trinajstić information content (AvgIpc) is 3.13. The van der Waals surface area contributed by atoms with E-state index in [0.29, 0.717) is 0 Å². The van der Waals surface area contributed by atoms with Crippen molar-refractivity contribution >= 4 is 34.6 Å².